The molecular weight excluding hydrogens is 333 g/mol. The van der Waals surface area contributed by atoms with Crippen molar-refractivity contribution in [3.8, 4) is 0 Å². The molecule has 2 heteroatoms. The molecule has 3 aromatic rings. The Labute approximate surface area is 138 Å². The van der Waals surface area contributed by atoms with Crippen molar-refractivity contribution in [1.29, 1.82) is 0 Å². The zero-order chi connectivity index (χ0) is 15.3. The van der Waals surface area contributed by atoms with E-state index < -0.39 is 5.54 Å². The van der Waals surface area contributed by atoms with Crippen molar-refractivity contribution >= 4 is 20.3 Å². The van der Waals surface area contributed by atoms with E-state index in [2.05, 4.69) is 56.7 Å². The SMILES string of the molecule is [Se]=C=NC(c1ccccc1)(c1ccccc1)c1ccccc1. The predicted molar refractivity (Wildman–Crippen MR) is 92.4 cm³/mol. The summed E-state index contributed by atoms with van der Waals surface area (Å²) in [5.74, 6) is 0. The number of hydrogen-bond acceptors (Lipinski definition) is 1. The molecule has 0 fully saturated rings. The van der Waals surface area contributed by atoms with Gasteiger partial charge in [-0.3, -0.25) is 0 Å². The van der Waals surface area contributed by atoms with E-state index in [0.29, 0.717) is 0 Å². The summed E-state index contributed by atoms with van der Waals surface area (Å²) in [5.41, 5.74) is 2.77. The summed E-state index contributed by atoms with van der Waals surface area (Å²) in [4.78, 5) is 4.76. The molecule has 0 N–H and O–H groups in total. The van der Waals surface area contributed by atoms with Crippen molar-refractivity contribution in [1.82, 2.24) is 0 Å². The van der Waals surface area contributed by atoms with Crippen molar-refractivity contribution in [3.63, 3.8) is 0 Å². The molecule has 0 unspecified atom stereocenters. The summed E-state index contributed by atoms with van der Waals surface area (Å²) >= 11 is 2.79. The van der Waals surface area contributed by atoms with E-state index >= 15 is 0 Å². The van der Waals surface area contributed by atoms with Gasteiger partial charge < -0.3 is 0 Å². The van der Waals surface area contributed by atoms with Crippen LogP contribution in [0.25, 0.3) is 0 Å². The van der Waals surface area contributed by atoms with Gasteiger partial charge in [-0.05, 0) is 0 Å². The van der Waals surface area contributed by atoms with Crippen molar-refractivity contribution in [3.05, 3.63) is 108 Å². The van der Waals surface area contributed by atoms with E-state index in [-0.39, 0.29) is 0 Å². The second-order valence-corrected chi connectivity index (χ2v) is 5.39. The van der Waals surface area contributed by atoms with Crippen LogP contribution in [0.3, 0.4) is 0 Å². The van der Waals surface area contributed by atoms with Crippen molar-refractivity contribution < 1.29 is 0 Å². The van der Waals surface area contributed by atoms with Gasteiger partial charge in [-0.1, -0.05) is 0 Å². The van der Waals surface area contributed by atoms with E-state index in [1.54, 1.807) is 0 Å². The van der Waals surface area contributed by atoms with Gasteiger partial charge in [0.25, 0.3) is 0 Å². The van der Waals surface area contributed by atoms with Crippen LogP contribution in [0.5, 0.6) is 0 Å². The first-order valence-electron chi connectivity index (χ1n) is 7.13. The quantitative estimate of drug-likeness (QED) is 0.383. The molecule has 106 valence electrons. The Morgan fingerprint density at radius 2 is 0.909 bits per heavy atom. The van der Waals surface area contributed by atoms with Gasteiger partial charge in [0.15, 0.2) is 0 Å². The summed E-state index contributed by atoms with van der Waals surface area (Å²) in [7, 11) is 0. The molecule has 0 saturated heterocycles. The molecule has 3 rings (SSSR count). The van der Waals surface area contributed by atoms with Crippen LogP contribution in [0.4, 0.5) is 0 Å². The fourth-order valence-electron chi connectivity index (χ4n) is 2.80. The van der Waals surface area contributed by atoms with E-state index in [1.165, 1.54) is 0 Å². The van der Waals surface area contributed by atoms with Crippen LogP contribution in [0, 0.1) is 0 Å². The number of aliphatic imine (C=N–C) groups is 1. The van der Waals surface area contributed by atoms with Crippen molar-refractivity contribution in [2.45, 2.75) is 5.54 Å². The molecular formula is C20H15NSe. The molecule has 0 saturated carbocycles. The number of benzene rings is 3. The Balaban J connectivity index is 2.37. The van der Waals surface area contributed by atoms with Crippen LogP contribution in [0.2, 0.25) is 0 Å². The van der Waals surface area contributed by atoms with Gasteiger partial charge in [0.05, 0.1) is 0 Å². The molecule has 0 aliphatic rings. The van der Waals surface area contributed by atoms with E-state index in [0.717, 1.165) is 16.7 Å². The fraction of sp³-hybridized carbons (Fsp3) is 0.0500. The Bertz CT molecular complexity index is 679. The summed E-state index contributed by atoms with van der Waals surface area (Å²) < 4.78 is 2.90. The third-order valence-electron chi connectivity index (χ3n) is 3.79. The molecule has 0 bridgehead atoms. The zero-order valence-electron chi connectivity index (χ0n) is 12.0. The molecule has 0 heterocycles. The van der Waals surface area contributed by atoms with Crippen LogP contribution in [0.1, 0.15) is 16.7 Å². The Hall–Kier alpha value is -2.24. The topological polar surface area (TPSA) is 12.4 Å². The molecule has 0 aliphatic carbocycles. The zero-order valence-corrected chi connectivity index (χ0v) is 13.7. The molecule has 1 nitrogen and oxygen atoms in total. The summed E-state index contributed by atoms with van der Waals surface area (Å²) in [6.07, 6.45) is 0. The summed E-state index contributed by atoms with van der Waals surface area (Å²) in [6, 6.07) is 31.0. The van der Waals surface area contributed by atoms with Gasteiger partial charge >= 0.3 is 139 Å². The normalized spacial score (nSPS) is 10.7. The van der Waals surface area contributed by atoms with Gasteiger partial charge in [0.1, 0.15) is 0 Å². The summed E-state index contributed by atoms with van der Waals surface area (Å²) in [5, 5.41) is 0. The third kappa shape index (κ3) is 2.60. The first-order chi connectivity index (χ1) is 10.9. The van der Waals surface area contributed by atoms with Crippen LogP contribution >= 0.6 is 0 Å². The maximum atomic E-state index is 4.76. The maximum absolute atomic E-state index is 4.76. The summed E-state index contributed by atoms with van der Waals surface area (Å²) in [6.45, 7) is 0. The van der Waals surface area contributed by atoms with Gasteiger partial charge in [0, 0.05) is 0 Å². The monoisotopic (exact) mass is 349 g/mol. The second kappa shape index (κ2) is 6.68. The molecule has 0 aromatic heterocycles. The number of hydrogen-bond donors (Lipinski definition) is 0. The van der Waals surface area contributed by atoms with E-state index in [9.17, 15) is 0 Å². The Morgan fingerprint density at radius 3 is 1.18 bits per heavy atom. The van der Waals surface area contributed by atoms with Crippen molar-refractivity contribution in [2.24, 2.45) is 4.99 Å². The molecule has 3 aromatic carbocycles. The standard InChI is InChI=1S/C20H15NSe/c22-16-21-20(17-10-4-1-5-11-17,18-12-6-2-7-13-18)19-14-8-3-9-15-19/h1-15H. The van der Waals surface area contributed by atoms with Gasteiger partial charge in [-0.25, -0.2) is 0 Å². The van der Waals surface area contributed by atoms with Gasteiger partial charge in [-0.2, -0.15) is 0 Å². The molecule has 0 amide bonds. The van der Waals surface area contributed by atoms with Crippen LogP contribution < -0.4 is 0 Å². The molecule has 0 spiro atoms. The van der Waals surface area contributed by atoms with Crippen LogP contribution in [-0.2, 0) is 5.54 Å². The van der Waals surface area contributed by atoms with Gasteiger partial charge in [0.2, 0.25) is 0 Å². The van der Waals surface area contributed by atoms with E-state index in [4.69, 9.17) is 4.99 Å². The first-order valence-corrected chi connectivity index (χ1v) is 7.99. The predicted octanol–water partition coefficient (Wildman–Crippen LogP) is 4.05. The van der Waals surface area contributed by atoms with E-state index in [1.807, 2.05) is 54.6 Å². The fourth-order valence-corrected chi connectivity index (χ4v) is 3.09. The average molecular weight is 348 g/mol. The Morgan fingerprint density at radius 1 is 0.591 bits per heavy atom. The second-order valence-electron chi connectivity index (χ2n) is 5.01. The number of nitrogens with zero attached hydrogens (tertiary/aromatic N) is 1. The molecule has 22 heavy (non-hydrogen) atoms. The third-order valence-corrected chi connectivity index (χ3v) is 3.98. The molecule has 0 radical (unpaired) electrons. The Kier molecular flexibility index (Phi) is 4.46. The van der Waals surface area contributed by atoms with Gasteiger partial charge in [-0.15, -0.1) is 0 Å². The molecule has 0 aliphatic heterocycles. The number of rotatable bonds is 4. The minimum atomic E-state index is -0.588. The van der Waals surface area contributed by atoms with Crippen LogP contribution in [0.15, 0.2) is 96.0 Å². The van der Waals surface area contributed by atoms with Crippen molar-refractivity contribution in [2.75, 3.05) is 0 Å². The average Bonchev–Trinajstić information content (AvgIpc) is 2.62. The minimum absolute atomic E-state index is 0.588. The first kappa shape index (κ1) is 14.7. The van der Waals surface area contributed by atoms with Crippen LogP contribution in [-0.4, -0.2) is 20.3 Å². The molecule has 0 atom stereocenters.